The second-order valence-electron chi connectivity index (χ2n) is 2.13. The number of nitrogens with two attached hydrogens (primary N) is 1. The molecule has 0 aliphatic rings. The molecule has 1 heterocycles. The molecule has 0 aliphatic carbocycles. The maximum Gasteiger partial charge on any atom is 0.193 e. The van der Waals surface area contributed by atoms with Crippen molar-refractivity contribution in [2.75, 3.05) is 12.4 Å². The van der Waals surface area contributed by atoms with E-state index in [-0.39, 0.29) is 0 Å². The molecule has 0 saturated carbocycles. The zero-order chi connectivity index (χ0) is 8.81. The van der Waals surface area contributed by atoms with Crippen LogP contribution in [0.4, 0.5) is 0 Å². The van der Waals surface area contributed by atoms with Crippen LogP contribution in [0.1, 0.15) is 5.76 Å². The first kappa shape index (κ1) is 9.92. The fourth-order valence-electron chi connectivity index (χ4n) is 0.709. The predicted octanol–water partition coefficient (Wildman–Crippen LogP) is 2.06. The Balaban J connectivity index is 2.15. The van der Waals surface area contributed by atoms with Crippen LogP contribution in [0, 0.1) is 0 Å². The Kier molecular flexibility index (Phi) is 4.53. The van der Waals surface area contributed by atoms with Crippen molar-refractivity contribution in [1.82, 2.24) is 0 Å². The first-order valence-electron chi connectivity index (χ1n) is 3.46. The van der Waals surface area contributed by atoms with E-state index in [1.54, 1.807) is 17.8 Å². The quantitative estimate of drug-likeness (QED) is 0.593. The van der Waals surface area contributed by atoms with Crippen LogP contribution in [0.5, 0.6) is 0 Å². The van der Waals surface area contributed by atoms with Gasteiger partial charge in [0.25, 0.3) is 0 Å². The molecule has 12 heavy (non-hydrogen) atoms. The predicted molar refractivity (Wildman–Crippen MR) is 50.0 cm³/mol. The summed E-state index contributed by atoms with van der Waals surface area (Å²) in [5.41, 5.74) is 0. The highest BCUT2D eigenvalue weighted by Gasteiger charge is 1.98. The SMILES string of the molecule is NOCCSCc1ccc(Cl)o1. The van der Waals surface area contributed by atoms with Crippen molar-refractivity contribution in [2.45, 2.75) is 5.75 Å². The van der Waals surface area contributed by atoms with Gasteiger partial charge in [-0.1, -0.05) is 0 Å². The lowest BCUT2D eigenvalue weighted by Crippen LogP contribution is -2.02. The lowest BCUT2D eigenvalue weighted by Gasteiger charge is -1.96. The summed E-state index contributed by atoms with van der Waals surface area (Å²) in [5.74, 6) is 7.39. The highest BCUT2D eigenvalue weighted by Crippen LogP contribution is 2.18. The Morgan fingerprint density at radius 3 is 3.00 bits per heavy atom. The van der Waals surface area contributed by atoms with Crippen molar-refractivity contribution < 1.29 is 9.25 Å². The molecule has 1 aromatic heterocycles. The Morgan fingerprint density at radius 2 is 2.42 bits per heavy atom. The maximum absolute atomic E-state index is 5.58. The van der Waals surface area contributed by atoms with Crippen LogP contribution in [0.3, 0.4) is 0 Å². The van der Waals surface area contributed by atoms with Crippen molar-refractivity contribution in [2.24, 2.45) is 5.90 Å². The fourth-order valence-corrected chi connectivity index (χ4v) is 1.59. The van der Waals surface area contributed by atoms with Gasteiger partial charge in [0, 0.05) is 5.75 Å². The molecule has 2 N–H and O–H groups in total. The lowest BCUT2D eigenvalue weighted by molar-refractivity contribution is 0.155. The fraction of sp³-hybridized carbons (Fsp3) is 0.429. The number of thioether (sulfide) groups is 1. The van der Waals surface area contributed by atoms with Crippen LogP contribution in [-0.2, 0) is 10.6 Å². The molecule has 0 aromatic carbocycles. The molecule has 68 valence electrons. The summed E-state index contributed by atoms with van der Waals surface area (Å²) in [7, 11) is 0. The van der Waals surface area contributed by atoms with E-state index in [1.165, 1.54) is 0 Å². The van der Waals surface area contributed by atoms with Gasteiger partial charge in [0.1, 0.15) is 5.76 Å². The summed E-state index contributed by atoms with van der Waals surface area (Å²) in [4.78, 5) is 4.41. The largest absolute Gasteiger partial charge is 0.449 e. The summed E-state index contributed by atoms with van der Waals surface area (Å²) in [6.45, 7) is 0.555. The molecule has 5 heteroatoms. The van der Waals surface area contributed by atoms with E-state index in [9.17, 15) is 0 Å². The van der Waals surface area contributed by atoms with Crippen LogP contribution in [0.2, 0.25) is 5.22 Å². The van der Waals surface area contributed by atoms with E-state index in [0.717, 1.165) is 17.3 Å². The summed E-state index contributed by atoms with van der Waals surface area (Å²) in [6.07, 6.45) is 0. The highest BCUT2D eigenvalue weighted by molar-refractivity contribution is 7.98. The smallest absolute Gasteiger partial charge is 0.193 e. The Labute approximate surface area is 80.2 Å². The number of rotatable bonds is 5. The third-order valence-electron chi connectivity index (χ3n) is 1.22. The molecule has 0 saturated heterocycles. The second kappa shape index (κ2) is 5.48. The Morgan fingerprint density at radius 1 is 1.58 bits per heavy atom. The van der Waals surface area contributed by atoms with Gasteiger partial charge in [0.15, 0.2) is 5.22 Å². The Hall–Kier alpha value is -0.160. The standard InChI is InChI=1S/C7H10ClNO2S/c8-7-2-1-6(11-7)5-12-4-3-10-9/h1-2H,3-5,9H2. The van der Waals surface area contributed by atoms with E-state index in [4.69, 9.17) is 21.9 Å². The van der Waals surface area contributed by atoms with E-state index in [1.807, 2.05) is 6.07 Å². The summed E-state index contributed by atoms with van der Waals surface area (Å²) < 4.78 is 5.14. The highest BCUT2D eigenvalue weighted by atomic mass is 35.5. The molecule has 0 unspecified atom stereocenters. The summed E-state index contributed by atoms with van der Waals surface area (Å²) >= 11 is 7.27. The topological polar surface area (TPSA) is 48.4 Å². The molecule has 1 rings (SSSR count). The molecule has 0 atom stereocenters. The number of halogens is 1. The lowest BCUT2D eigenvalue weighted by atomic mass is 10.5. The monoisotopic (exact) mass is 207 g/mol. The third kappa shape index (κ3) is 3.49. The summed E-state index contributed by atoms with van der Waals surface area (Å²) in [5, 5.41) is 0.431. The average molecular weight is 208 g/mol. The molecule has 3 nitrogen and oxygen atoms in total. The van der Waals surface area contributed by atoms with E-state index < -0.39 is 0 Å². The van der Waals surface area contributed by atoms with E-state index in [2.05, 4.69) is 4.84 Å². The zero-order valence-corrected chi connectivity index (χ0v) is 8.03. The van der Waals surface area contributed by atoms with Gasteiger partial charge in [-0.25, -0.2) is 5.90 Å². The van der Waals surface area contributed by atoms with Gasteiger partial charge >= 0.3 is 0 Å². The maximum atomic E-state index is 5.58. The van der Waals surface area contributed by atoms with Crippen LogP contribution in [-0.4, -0.2) is 12.4 Å². The van der Waals surface area contributed by atoms with Crippen LogP contribution in [0.25, 0.3) is 0 Å². The van der Waals surface area contributed by atoms with Crippen molar-refractivity contribution in [3.8, 4) is 0 Å². The number of hydrogen-bond acceptors (Lipinski definition) is 4. The van der Waals surface area contributed by atoms with Gasteiger partial charge in [-0.15, -0.1) is 0 Å². The van der Waals surface area contributed by atoms with Gasteiger partial charge in [0.05, 0.1) is 12.4 Å². The van der Waals surface area contributed by atoms with Crippen molar-refractivity contribution >= 4 is 23.4 Å². The zero-order valence-electron chi connectivity index (χ0n) is 6.46. The van der Waals surface area contributed by atoms with Crippen molar-refractivity contribution in [3.05, 3.63) is 23.1 Å². The minimum Gasteiger partial charge on any atom is -0.449 e. The molecule has 0 spiro atoms. The van der Waals surface area contributed by atoms with Gasteiger partial charge < -0.3 is 9.25 Å². The normalized spacial score (nSPS) is 10.5. The molecular formula is C7H10ClNO2S. The average Bonchev–Trinajstić information content (AvgIpc) is 2.45. The molecular weight excluding hydrogens is 198 g/mol. The molecule has 0 aliphatic heterocycles. The van der Waals surface area contributed by atoms with Gasteiger partial charge in [-0.05, 0) is 23.7 Å². The minimum absolute atomic E-state index is 0.431. The third-order valence-corrected chi connectivity index (χ3v) is 2.37. The second-order valence-corrected chi connectivity index (χ2v) is 3.61. The first-order chi connectivity index (χ1) is 5.83. The van der Waals surface area contributed by atoms with Gasteiger partial charge in [-0.2, -0.15) is 11.8 Å². The van der Waals surface area contributed by atoms with E-state index >= 15 is 0 Å². The summed E-state index contributed by atoms with van der Waals surface area (Å²) in [6, 6.07) is 3.59. The Bertz CT molecular complexity index is 229. The molecule has 0 bridgehead atoms. The minimum atomic E-state index is 0.431. The van der Waals surface area contributed by atoms with E-state index in [0.29, 0.717) is 11.8 Å². The molecule has 0 radical (unpaired) electrons. The van der Waals surface area contributed by atoms with Gasteiger partial charge in [-0.3, -0.25) is 0 Å². The van der Waals surface area contributed by atoms with Crippen LogP contribution in [0.15, 0.2) is 16.5 Å². The van der Waals surface area contributed by atoms with Crippen molar-refractivity contribution in [3.63, 3.8) is 0 Å². The van der Waals surface area contributed by atoms with Crippen molar-refractivity contribution in [1.29, 1.82) is 0 Å². The molecule has 0 fully saturated rings. The molecule has 0 amide bonds. The number of hydrogen-bond donors (Lipinski definition) is 1. The van der Waals surface area contributed by atoms with Gasteiger partial charge in [0.2, 0.25) is 0 Å². The molecule has 1 aromatic rings. The van der Waals surface area contributed by atoms with Crippen LogP contribution >= 0.6 is 23.4 Å². The van der Waals surface area contributed by atoms with Crippen LogP contribution < -0.4 is 5.90 Å². The number of furan rings is 1. The first-order valence-corrected chi connectivity index (χ1v) is 5.00.